The van der Waals surface area contributed by atoms with Gasteiger partial charge in [-0.1, -0.05) is 0 Å². The van der Waals surface area contributed by atoms with E-state index >= 15 is 0 Å². The van der Waals surface area contributed by atoms with Gasteiger partial charge in [0, 0.05) is 0 Å². The van der Waals surface area contributed by atoms with Gasteiger partial charge in [0.1, 0.15) is 5.82 Å². The zero-order valence-electron chi connectivity index (χ0n) is 5.69. The van der Waals surface area contributed by atoms with E-state index in [1.54, 1.807) is 0 Å². The molecule has 0 aromatic heterocycles. The van der Waals surface area contributed by atoms with E-state index in [4.69, 9.17) is 6.42 Å². The van der Waals surface area contributed by atoms with Crippen LogP contribution in [0.4, 0.5) is 4.39 Å². The first-order chi connectivity index (χ1) is 4.33. The fourth-order valence-electron chi connectivity index (χ4n) is 0.533. The molecule has 0 nitrogen and oxygen atoms in total. The summed E-state index contributed by atoms with van der Waals surface area (Å²) in [6.07, 6.45) is 6.64. The summed E-state index contributed by atoms with van der Waals surface area (Å²) in [5, 5.41) is 0. The summed E-state index contributed by atoms with van der Waals surface area (Å²) in [5.74, 6) is 1.85. The van der Waals surface area contributed by atoms with Crippen LogP contribution in [0.2, 0.25) is 0 Å². The second-order valence-electron chi connectivity index (χ2n) is 1.63. The smallest absolute Gasteiger partial charge is 0.366 e. The molecule has 0 saturated heterocycles. The Morgan fingerprint density at radius 1 is 1.20 bits per heavy atom. The molecule has 0 aliphatic carbocycles. The van der Waals surface area contributed by atoms with Crippen molar-refractivity contribution in [3.05, 3.63) is 42.1 Å². The van der Waals surface area contributed by atoms with E-state index in [1.165, 1.54) is 24.3 Å². The van der Waals surface area contributed by atoms with Crippen molar-refractivity contribution < 1.29 is 23.3 Å². The summed E-state index contributed by atoms with van der Waals surface area (Å²) in [5.41, 5.74) is 0.594. The summed E-state index contributed by atoms with van der Waals surface area (Å²) in [6, 6.07) is 5.61. The minimum absolute atomic E-state index is 0. The Labute approximate surface area is 71.6 Å². The van der Waals surface area contributed by atoms with Crippen LogP contribution < -0.4 is 18.9 Å². The standard InChI is InChI=1S/C8H4F.Li/c1-2-7-3-5-8(9)6-4-7;/h3-6H;/q-1;+1. The predicted octanol–water partition coefficient (Wildman–Crippen LogP) is -1.23. The van der Waals surface area contributed by atoms with Gasteiger partial charge in [-0.25, -0.2) is 4.39 Å². The van der Waals surface area contributed by atoms with Crippen LogP contribution in [0.25, 0.3) is 0 Å². The van der Waals surface area contributed by atoms with Crippen LogP contribution in [0.15, 0.2) is 24.3 Å². The Hall–Kier alpha value is -0.693. The molecule has 0 aliphatic rings. The average Bonchev–Trinajstić information content (AvgIpc) is 1.90. The SMILES string of the molecule is [C-]#Cc1ccc(F)cc1.[Li+]. The molecule has 0 heterocycles. The van der Waals surface area contributed by atoms with Gasteiger partial charge in [-0.05, 0) is 12.1 Å². The first-order valence-electron chi connectivity index (χ1n) is 2.51. The van der Waals surface area contributed by atoms with Crippen molar-refractivity contribution in [2.75, 3.05) is 0 Å². The summed E-state index contributed by atoms with van der Waals surface area (Å²) in [6.45, 7) is 0. The van der Waals surface area contributed by atoms with Crippen molar-refractivity contribution in [3.63, 3.8) is 0 Å². The van der Waals surface area contributed by atoms with Crippen LogP contribution >= 0.6 is 0 Å². The maximum absolute atomic E-state index is 12.1. The van der Waals surface area contributed by atoms with E-state index in [-0.39, 0.29) is 24.7 Å². The van der Waals surface area contributed by atoms with Crippen LogP contribution in [0.5, 0.6) is 0 Å². The second kappa shape index (κ2) is 4.18. The first-order valence-corrected chi connectivity index (χ1v) is 2.51. The van der Waals surface area contributed by atoms with Gasteiger partial charge in [0.2, 0.25) is 0 Å². The monoisotopic (exact) mass is 126 g/mol. The second-order valence-corrected chi connectivity index (χ2v) is 1.63. The van der Waals surface area contributed by atoms with Crippen molar-refractivity contribution >= 4 is 0 Å². The summed E-state index contributed by atoms with van der Waals surface area (Å²) < 4.78 is 12.1. The van der Waals surface area contributed by atoms with Gasteiger partial charge < -0.3 is 6.42 Å². The molecule has 1 rings (SSSR count). The van der Waals surface area contributed by atoms with E-state index in [9.17, 15) is 4.39 Å². The van der Waals surface area contributed by atoms with E-state index < -0.39 is 0 Å². The molecule has 2 heteroatoms. The fraction of sp³-hybridized carbons (Fsp3) is 0. The number of halogens is 1. The van der Waals surface area contributed by atoms with E-state index in [1.807, 2.05) is 0 Å². The van der Waals surface area contributed by atoms with Crippen LogP contribution in [-0.4, -0.2) is 0 Å². The van der Waals surface area contributed by atoms with Crippen LogP contribution in [-0.2, 0) is 0 Å². The van der Waals surface area contributed by atoms with E-state index in [0.29, 0.717) is 5.56 Å². The molecule has 0 aliphatic heterocycles. The van der Waals surface area contributed by atoms with Gasteiger partial charge in [-0.15, -0.1) is 17.7 Å². The molecule has 0 spiro atoms. The topological polar surface area (TPSA) is 0 Å². The van der Waals surface area contributed by atoms with Crippen molar-refractivity contribution in [2.45, 2.75) is 0 Å². The van der Waals surface area contributed by atoms with Gasteiger partial charge in [-0.3, -0.25) is 5.92 Å². The van der Waals surface area contributed by atoms with Crippen LogP contribution in [0, 0.1) is 18.2 Å². The third-order valence-corrected chi connectivity index (χ3v) is 0.989. The maximum atomic E-state index is 12.1. The van der Waals surface area contributed by atoms with Crippen molar-refractivity contribution in [1.29, 1.82) is 0 Å². The fourth-order valence-corrected chi connectivity index (χ4v) is 0.533. The van der Waals surface area contributed by atoms with Crippen molar-refractivity contribution in [1.82, 2.24) is 0 Å². The largest absolute Gasteiger partial charge is 1.00 e. The summed E-state index contributed by atoms with van der Waals surface area (Å²) in [7, 11) is 0. The van der Waals surface area contributed by atoms with E-state index in [0.717, 1.165) is 0 Å². The molecule has 0 unspecified atom stereocenters. The Balaban J connectivity index is 0.000000810. The molecule has 0 radical (unpaired) electrons. The summed E-state index contributed by atoms with van der Waals surface area (Å²) >= 11 is 0. The Morgan fingerprint density at radius 3 is 2.10 bits per heavy atom. The van der Waals surface area contributed by atoms with Crippen molar-refractivity contribution in [2.24, 2.45) is 0 Å². The van der Waals surface area contributed by atoms with Gasteiger partial charge in [0.15, 0.2) is 0 Å². The average molecular weight is 126 g/mol. The molecule has 44 valence electrons. The third-order valence-electron chi connectivity index (χ3n) is 0.989. The summed E-state index contributed by atoms with van der Waals surface area (Å²) in [4.78, 5) is 0. The first kappa shape index (κ1) is 9.31. The Bertz CT molecular complexity index is 232. The number of hydrogen-bond acceptors (Lipinski definition) is 0. The number of rotatable bonds is 0. The molecule has 10 heavy (non-hydrogen) atoms. The quantitative estimate of drug-likeness (QED) is 0.232. The molecular weight excluding hydrogens is 122 g/mol. The molecule has 0 fully saturated rings. The molecule has 0 bridgehead atoms. The van der Waals surface area contributed by atoms with Crippen LogP contribution in [0.3, 0.4) is 0 Å². The molecule has 1 aromatic carbocycles. The maximum Gasteiger partial charge on any atom is 1.00 e. The minimum Gasteiger partial charge on any atom is -0.366 e. The van der Waals surface area contributed by atoms with E-state index in [2.05, 4.69) is 5.92 Å². The predicted molar refractivity (Wildman–Crippen MR) is 32.6 cm³/mol. The molecule has 0 amide bonds. The molecule has 1 aromatic rings. The third kappa shape index (κ3) is 2.27. The Morgan fingerprint density at radius 2 is 1.70 bits per heavy atom. The normalized spacial score (nSPS) is 7.60. The molecular formula is C8H4FLi. The Kier molecular flexibility index (Phi) is 3.89. The van der Waals surface area contributed by atoms with Gasteiger partial charge in [0.05, 0.1) is 0 Å². The zero-order valence-corrected chi connectivity index (χ0v) is 5.69. The van der Waals surface area contributed by atoms with Gasteiger partial charge in [-0.2, -0.15) is 0 Å². The molecule has 0 N–H and O–H groups in total. The van der Waals surface area contributed by atoms with Crippen molar-refractivity contribution in [3.8, 4) is 5.92 Å². The molecule has 0 atom stereocenters. The van der Waals surface area contributed by atoms with Gasteiger partial charge >= 0.3 is 18.9 Å². The number of hydrogen-bond donors (Lipinski definition) is 0. The van der Waals surface area contributed by atoms with Gasteiger partial charge in [0.25, 0.3) is 0 Å². The minimum atomic E-state index is -0.283. The zero-order chi connectivity index (χ0) is 6.69. The number of benzene rings is 1. The van der Waals surface area contributed by atoms with Crippen LogP contribution in [0.1, 0.15) is 5.56 Å². The molecule has 0 saturated carbocycles.